The summed E-state index contributed by atoms with van der Waals surface area (Å²) in [5.41, 5.74) is 1.02. The van der Waals surface area contributed by atoms with Crippen molar-refractivity contribution in [3.8, 4) is 0 Å². The van der Waals surface area contributed by atoms with E-state index < -0.39 is 0 Å². The van der Waals surface area contributed by atoms with Gasteiger partial charge in [-0.15, -0.1) is 0 Å². The van der Waals surface area contributed by atoms with Gasteiger partial charge in [0.1, 0.15) is 0 Å². The van der Waals surface area contributed by atoms with Crippen LogP contribution in [0.4, 0.5) is 0 Å². The van der Waals surface area contributed by atoms with E-state index in [1.54, 1.807) is 0 Å². The number of carbonyl (C=O) groups is 1. The van der Waals surface area contributed by atoms with Crippen LogP contribution in [0.15, 0.2) is 54.6 Å². The number of allylic oxidation sites excluding steroid dienone is 2. The number of piperidine rings is 1. The van der Waals surface area contributed by atoms with Crippen LogP contribution in [-0.4, -0.2) is 29.9 Å². The highest BCUT2D eigenvalue weighted by atomic mass is 16.2. The predicted molar refractivity (Wildman–Crippen MR) is 87.1 cm³/mol. The molecule has 2 unspecified atom stereocenters. The van der Waals surface area contributed by atoms with Gasteiger partial charge in [-0.05, 0) is 31.5 Å². The molecule has 4 rings (SSSR count). The number of benzene rings is 1. The summed E-state index contributed by atoms with van der Waals surface area (Å²) < 4.78 is 0. The van der Waals surface area contributed by atoms with E-state index in [2.05, 4.69) is 46.7 Å². The first-order valence-corrected chi connectivity index (χ1v) is 8.22. The summed E-state index contributed by atoms with van der Waals surface area (Å²) in [6.07, 6.45) is 10.6. The predicted octanol–water partition coefficient (Wildman–Crippen LogP) is 2.51. The molecular formula is C19H22N2O. The Morgan fingerprint density at radius 1 is 1.09 bits per heavy atom. The minimum Gasteiger partial charge on any atom is -0.331 e. The van der Waals surface area contributed by atoms with Crippen LogP contribution in [-0.2, 0) is 11.3 Å². The average Bonchev–Trinajstić information content (AvgIpc) is 2.80. The lowest BCUT2D eigenvalue weighted by atomic mass is 9.68. The van der Waals surface area contributed by atoms with Crippen molar-refractivity contribution in [2.45, 2.75) is 25.4 Å². The molecule has 0 bridgehead atoms. The van der Waals surface area contributed by atoms with Crippen molar-refractivity contribution in [1.29, 1.82) is 0 Å². The highest BCUT2D eigenvalue weighted by Crippen LogP contribution is 2.50. The van der Waals surface area contributed by atoms with Gasteiger partial charge in [0.05, 0.1) is 11.5 Å². The van der Waals surface area contributed by atoms with Crippen LogP contribution < -0.4 is 5.32 Å². The van der Waals surface area contributed by atoms with Crippen LogP contribution in [0, 0.1) is 11.3 Å². The zero-order valence-corrected chi connectivity index (χ0v) is 12.7. The fourth-order valence-electron chi connectivity index (χ4n) is 4.35. The van der Waals surface area contributed by atoms with E-state index in [1.807, 2.05) is 18.2 Å². The van der Waals surface area contributed by atoms with Crippen LogP contribution in [0.1, 0.15) is 18.4 Å². The maximum absolute atomic E-state index is 13.3. The smallest absolute Gasteiger partial charge is 0.230 e. The molecule has 2 aliphatic heterocycles. The van der Waals surface area contributed by atoms with Crippen molar-refractivity contribution in [3.05, 3.63) is 60.2 Å². The van der Waals surface area contributed by atoms with Crippen LogP contribution in [0.2, 0.25) is 0 Å². The number of hydrogen-bond donors (Lipinski definition) is 1. The first-order chi connectivity index (χ1) is 10.8. The number of rotatable bonds is 2. The molecule has 1 spiro atoms. The maximum Gasteiger partial charge on any atom is 0.230 e. The van der Waals surface area contributed by atoms with Gasteiger partial charge in [-0.3, -0.25) is 4.79 Å². The van der Waals surface area contributed by atoms with Gasteiger partial charge in [0.25, 0.3) is 0 Å². The van der Waals surface area contributed by atoms with Gasteiger partial charge in [0.2, 0.25) is 5.91 Å². The summed E-state index contributed by atoms with van der Waals surface area (Å²) in [6.45, 7) is 2.62. The molecule has 22 heavy (non-hydrogen) atoms. The largest absolute Gasteiger partial charge is 0.331 e. The molecule has 1 amide bonds. The van der Waals surface area contributed by atoms with Gasteiger partial charge in [-0.1, -0.05) is 54.6 Å². The van der Waals surface area contributed by atoms with Crippen molar-refractivity contribution in [3.63, 3.8) is 0 Å². The normalized spacial score (nSPS) is 29.1. The topological polar surface area (TPSA) is 32.3 Å². The highest BCUT2D eigenvalue weighted by molar-refractivity contribution is 5.87. The molecule has 1 aromatic carbocycles. The van der Waals surface area contributed by atoms with E-state index >= 15 is 0 Å². The first-order valence-electron chi connectivity index (χ1n) is 8.22. The SMILES string of the molecule is O=C1N(Cc2ccccc2)C2C=CC=CC2C12CCNCC2. The van der Waals surface area contributed by atoms with Gasteiger partial charge >= 0.3 is 0 Å². The summed E-state index contributed by atoms with van der Waals surface area (Å²) >= 11 is 0. The molecule has 0 aromatic heterocycles. The lowest BCUT2D eigenvalue weighted by Gasteiger charge is -2.36. The molecule has 114 valence electrons. The molecule has 3 aliphatic rings. The second-order valence-corrected chi connectivity index (χ2v) is 6.61. The summed E-state index contributed by atoms with van der Waals surface area (Å²) in [7, 11) is 0. The molecule has 2 atom stereocenters. The number of carbonyl (C=O) groups excluding carboxylic acids is 1. The zero-order valence-electron chi connectivity index (χ0n) is 12.7. The van der Waals surface area contributed by atoms with Gasteiger partial charge < -0.3 is 10.2 Å². The van der Waals surface area contributed by atoms with Gasteiger partial charge in [-0.25, -0.2) is 0 Å². The molecule has 2 saturated heterocycles. The van der Waals surface area contributed by atoms with Gasteiger partial charge in [0, 0.05) is 12.5 Å². The third kappa shape index (κ3) is 2.03. The van der Waals surface area contributed by atoms with Gasteiger partial charge in [-0.2, -0.15) is 0 Å². The molecule has 3 nitrogen and oxygen atoms in total. The molecule has 1 aromatic rings. The minimum atomic E-state index is -0.189. The summed E-state index contributed by atoms with van der Waals surface area (Å²) in [6, 6.07) is 10.6. The molecule has 2 heterocycles. The maximum atomic E-state index is 13.3. The van der Waals surface area contributed by atoms with Crippen LogP contribution in [0.5, 0.6) is 0 Å². The number of fused-ring (bicyclic) bond motifs is 2. The lowest BCUT2D eigenvalue weighted by molar-refractivity contribution is -0.138. The molecule has 1 aliphatic carbocycles. The summed E-state index contributed by atoms with van der Waals surface area (Å²) in [4.78, 5) is 15.4. The summed E-state index contributed by atoms with van der Waals surface area (Å²) in [5, 5.41) is 3.40. The standard InChI is InChI=1S/C19H22N2O/c22-18-19(10-12-20-13-11-19)16-8-4-5-9-17(16)21(18)14-15-6-2-1-3-7-15/h1-9,16-17,20H,10-14H2. The van der Waals surface area contributed by atoms with E-state index in [4.69, 9.17) is 0 Å². The number of nitrogens with one attached hydrogen (secondary N) is 1. The Labute approximate surface area is 131 Å². The third-order valence-corrected chi connectivity index (χ3v) is 5.48. The van der Waals surface area contributed by atoms with Crippen molar-refractivity contribution in [2.24, 2.45) is 11.3 Å². The van der Waals surface area contributed by atoms with Crippen LogP contribution in [0.25, 0.3) is 0 Å². The second-order valence-electron chi connectivity index (χ2n) is 6.61. The van der Waals surface area contributed by atoms with Crippen molar-refractivity contribution < 1.29 is 4.79 Å². The zero-order chi connectivity index (χ0) is 15.0. The molecular weight excluding hydrogens is 272 g/mol. The number of amides is 1. The van der Waals surface area contributed by atoms with Crippen LogP contribution in [0.3, 0.4) is 0 Å². The van der Waals surface area contributed by atoms with E-state index in [0.29, 0.717) is 18.4 Å². The minimum absolute atomic E-state index is 0.189. The molecule has 0 radical (unpaired) electrons. The van der Waals surface area contributed by atoms with E-state index in [0.717, 1.165) is 25.9 Å². The highest BCUT2D eigenvalue weighted by Gasteiger charge is 2.57. The van der Waals surface area contributed by atoms with E-state index in [-0.39, 0.29) is 11.5 Å². The fourth-order valence-corrected chi connectivity index (χ4v) is 4.35. The van der Waals surface area contributed by atoms with Crippen molar-refractivity contribution >= 4 is 5.91 Å². The number of hydrogen-bond acceptors (Lipinski definition) is 2. The Balaban J connectivity index is 1.68. The fraction of sp³-hybridized carbons (Fsp3) is 0.421. The monoisotopic (exact) mass is 294 g/mol. The Morgan fingerprint density at radius 3 is 2.59 bits per heavy atom. The lowest BCUT2D eigenvalue weighted by Crippen LogP contribution is -2.44. The molecule has 0 saturated carbocycles. The quantitative estimate of drug-likeness (QED) is 0.909. The Kier molecular flexibility index (Phi) is 3.38. The number of likely N-dealkylation sites (tertiary alicyclic amines) is 1. The molecule has 2 fully saturated rings. The average molecular weight is 294 g/mol. The van der Waals surface area contributed by atoms with Crippen LogP contribution >= 0.6 is 0 Å². The Morgan fingerprint density at radius 2 is 1.82 bits per heavy atom. The van der Waals surface area contributed by atoms with Crippen molar-refractivity contribution in [2.75, 3.05) is 13.1 Å². The molecule has 3 heteroatoms. The van der Waals surface area contributed by atoms with Gasteiger partial charge in [0.15, 0.2) is 0 Å². The van der Waals surface area contributed by atoms with E-state index in [1.165, 1.54) is 5.56 Å². The number of nitrogens with zero attached hydrogens (tertiary/aromatic N) is 1. The first kappa shape index (κ1) is 13.8. The Bertz CT molecular complexity index is 614. The van der Waals surface area contributed by atoms with Crippen molar-refractivity contribution in [1.82, 2.24) is 10.2 Å². The second kappa shape index (κ2) is 5.40. The van der Waals surface area contributed by atoms with E-state index in [9.17, 15) is 4.79 Å². The third-order valence-electron chi connectivity index (χ3n) is 5.48. The Hall–Kier alpha value is -1.87. The molecule has 1 N–H and O–H groups in total. The summed E-state index contributed by atoms with van der Waals surface area (Å²) in [5.74, 6) is 0.680.